The molecule has 0 unspecified atom stereocenters. The number of rotatable bonds is 4. The Hall–Kier alpha value is -3.81. The smallest absolute Gasteiger partial charge is 0.252 e. The topological polar surface area (TPSA) is 122 Å². The van der Waals surface area contributed by atoms with Crippen LogP contribution in [-0.2, 0) is 0 Å². The van der Waals surface area contributed by atoms with E-state index in [1.165, 1.54) is 0 Å². The van der Waals surface area contributed by atoms with Crippen LogP contribution in [0.1, 0.15) is 34.7 Å². The van der Waals surface area contributed by atoms with E-state index in [1.807, 2.05) is 44.2 Å². The van der Waals surface area contributed by atoms with Gasteiger partial charge >= 0.3 is 0 Å². The maximum absolute atomic E-state index is 13.1. The molecule has 0 aliphatic rings. The lowest BCUT2D eigenvalue weighted by atomic mass is 10.0. The number of nitrogen functional groups attached to an aromatic ring is 1. The van der Waals surface area contributed by atoms with Crippen LogP contribution in [0.5, 0.6) is 0 Å². The van der Waals surface area contributed by atoms with Gasteiger partial charge in [0.2, 0.25) is 5.95 Å². The summed E-state index contributed by atoms with van der Waals surface area (Å²) in [5.74, 6) is 0.401. The summed E-state index contributed by atoms with van der Waals surface area (Å²) < 4.78 is 0. The van der Waals surface area contributed by atoms with Crippen LogP contribution in [0, 0.1) is 6.92 Å². The maximum atomic E-state index is 13.1. The van der Waals surface area contributed by atoms with E-state index in [0.717, 1.165) is 22.0 Å². The number of aromatic nitrogens is 5. The van der Waals surface area contributed by atoms with Crippen molar-refractivity contribution in [3.05, 3.63) is 65.7 Å². The van der Waals surface area contributed by atoms with Crippen molar-refractivity contribution >= 4 is 22.8 Å². The molecular formula is C20H19N7O. The first kappa shape index (κ1) is 17.6. The van der Waals surface area contributed by atoms with Gasteiger partial charge in [0.05, 0.1) is 22.8 Å². The Bertz CT molecular complexity index is 1150. The van der Waals surface area contributed by atoms with Crippen molar-refractivity contribution in [2.75, 3.05) is 5.73 Å². The number of nitrogens with zero attached hydrogens (tertiary/aromatic N) is 4. The number of hydrogen-bond acceptors (Lipinski definition) is 6. The van der Waals surface area contributed by atoms with E-state index in [2.05, 4.69) is 25.5 Å². The van der Waals surface area contributed by atoms with Crippen LogP contribution in [0.15, 0.2) is 48.8 Å². The standard InChI is InChI=1S/C20H19N7O/c1-11-5-6-16-14(8-11)15(9-17(24-16)13-4-3-7-22-10-13)19(28)23-12(2)18-25-20(21)27-26-18/h3-10,12H,1-2H3,(H,23,28)(H3,21,25,26,27)/t12-/m1/s1. The van der Waals surface area contributed by atoms with Crippen molar-refractivity contribution in [2.45, 2.75) is 19.9 Å². The summed E-state index contributed by atoms with van der Waals surface area (Å²) in [5.41, 5.74) is 9.41. The minimum Gasteiger partial charge on any atom is -0.367 e. The van der Waals surface area contributed by atoms with Gasteiger partial charge in [-0.25, -0.2) is 4.98 Å². The second kappa shape index (κ2) is 7.07. The first-order valence-corrected chi connectivity index (χ1v) is 8.81. The van der Waals surface area contributed by atoms with Gasteiger partial charge in [0.1, 0.15) is 5.82 Å². The molecule has 1 atom stereocenters. The number of aromatic amines is 1. The number of amides is 1. The first-order valence-electron chi connectivity index (χ1n) is 8.81. The fourth-order valence-electron chi connectivity index (χ4n) is 3.01. The van der Waals surface area contributed by atoms with Gasteiger partial charge in [-0.05, 0) is 44.2 Å². The van der Waals surface area contributed by atoms with Gasteiger partial charge in [-0.1, -0.05) is 11.6 Å². The second-order valence-corrected chi connectivity index (χ2v) is 6.59. The third-order valence-electron chi connectivity index (χ3n) is 4.44. The highest BCUT2D eigenvalue weighted by Crippen LogP contribution is 2.26. The monoisotopic (exact) mass is 373 g/mol. The van der Waals surface area contributed by atoms with Gasteiger partial charge in [0, 0.05) is 23.3 Å². The van der Waals surface area contributed by atoms with Gasteiger partial charge in [-0.2, -0.15) is 4.98 Å². The largest absolute Gasteiger partial charge is 0.367 e. The molecule has 0 aliphatic heterocycles. The molecule has 140 valence electrons. The summed E-state index contributed by atoms with van der Waals surface area (Å²) in [5, 5.41) is 10.3. The van der Waals surface area contributed by atoms with E-state index in [4.69, 9.17) is 10.7 Å². The van der Waals surface area contributed by atoms with Crippen molar-refractivity contribution in [2.24, 2.45) is 0 Å². The normalized spacial score (nSPS) is 12.1. The molecule has 0 spiro atoms. The van der Waals surface area contributed by atoms with Crippen LogP contribution in [-0.4, -0.2) is 31.1 Å². The molecule has 4 rings (SSSR count). The molecule has 0 bridgehead atoms. The molecule has 8 heteroatoms. The number of nitrogens with two attached hydrogens (primary N) is 1. The van der Waals surface area contributed by atoms with Crippen LogP contribution < -0.4 is 11.1 Å². The van der Waals surface area contributed by atoms with Crippen LogP contribution in [0.3, 0.4) is 0 Å². The van der Waals surface area contributed by atoms with Crippen molar-refractivity contribution < 1.29 is 4.79 Å². The number of aryl methyl sites for hydroxylation is 1. The lowest BCUT2D eigenvalue weighted by Crippen LogP contribution is -2.27. The summed E-state index contributed by atoms with van der Waals surface area (Å²) in [4.78, 5) is 26.0. The third-order valence-corrected chi connectivity index (χ3v) is 4.44. The molecule has 0 radical (unpaired) electrons. The Kier molecular flexibility index (Phi) is 4.44. The minimum atomic E-state index is -0.382. The predicted octanol–water partition coefficient (Wildman–Crippen LogP) is 2.80. The lowest BCUT2D eigenvalue weighted by Gasteiger charge is -2.14. The number of pyridine rings is 2. The quantitative estimate of drug-likeness (QED) is 0.505. The number of hydrogen-bond donors (Lipinski definition) is 3. The number of nitrogens with one attached hydrogen (secondary N) is 2. The van der Waals surface area contributed by atoms with Crippen LogP contribution in [0.25, 0.3) is 22.2 Å². The SMILES string of the molecule is Cc1ccc2nc(-c3cccnc3)cc(C(=O)N[C@H](C)c3nc(N)n[nH]3)c2c1. The summed E-state index contributed by atoms with van der Waals surface area (Å²) in [7, 11) is 0. The average Bonchev–Trinajstić information content (AvgIpc) is 3.14. The molecule has 0 saturated carbocycles. The van der Waals surface area contributed by atoms with Gasteiger partial charge in [-0.15, -0.1) is 5.10 Å². The summed E-state index contributed by atoms with van der Waals surface area (Å²) in [6.07, 6.45) is 3.43. The molecule has 3 heterocycles. The lowest BCUT2D eigenvalue weighted by molar-refractivity contribution is 0.0940. The Balaban J connectivity index is 1.77. The molecule has 0 fully saturated rings. The zero-order valence-corrected chi connectivity index (χ0v) is 15.5. The van der Waals surface area contributed by atoms with Crippen LogP contribution in [0.2, 0.25) is 0 Å². The fourth-order valence-corrected chi connectivity index (χ4v) is 3.01. The summed E-state index contributed by atoms with van der Waals surface area (Å²) >= 11 is 0. The van der Waals surface area contributed by atoms with Crippen molar-refractivity contribution in [1.82, 2.24) is 30.5 Å². The van der Waals surface area contributed by atoms with Gasteiger partial charge in [0.15, 0.2) is 0 Å². The number of benzene rings is 1. The molecule has 3 aromatic heterocycles. The molecule has 1 amide bonds. The Morgan fingerprint density at radius 1 is 1.21 bits per heavy atom. The van der Waals surface area contributed by atoms with E-state index in [9.17, 15) is 4.79 Å². The fraction of sp³-hybridized carbons (Fsp3) is 0.150. The highest BCUT2D eigenvalue weighted by Gasteiger charge is 2.18. The van der Waals surface area contributed by atoms with Crippen LogP contribution >= 0.6 is 0 Å². The van der Waals surface area contributed by atoms with E-state index < -0.39 is 0 Å². The molecular weight excluding hydrogens is 354 g/mol. The maximum Gasteiger partial charge on any atom is 0.252 e. The number of fused-ring (bicyclic) bond motifs is 1. The predicted molar refractivity (Wildman–Crippen MR) is 106 cm³/mol. The Morgan fingerprint density at radius 3 is 2.79 bits per heavy atom. The second-order valence-electron chi connectivity index (χ2n) is 6.59. The number of H-pyrrole nitrogens is 1. The zero-order chi connectivity index (χ0) is 19.7. The highest BCUT2D eigenvalue weighted by molar-refractivity contribution is 6.07. The molecule has 4 N–H and O–H groups in total. The zero-order valence-electron chi connectivity index (χ0n) is 15.5. The Labute approximate surface area is 161 Å². The van der Waals surface area contributed by atoms with Crippen molar-refractivity contribution in [1.29, 1.82) is 0 Å². The van der Waals surface area contributed by atoms with Crippen molar-refractivity contribution in [3.8, 4) is 11.3 Å². The highest BCUT2D eigenvalue weighted by atomic mass is 16.1. The molecule has 28 heavy (non-hydrogen) atoms. The van der Waals surface area contributed by atoms with E-state index in [1.54, 1.807) is 18.5 Å². The van der Waals surface area contributed by atoms with Gasteiger partial charge in [0.25, 0.3) is 5.91 Å². The summed E-state index contributed by atoms with van der Waals surface area (Å²) in [6, 6.07) is 11.0. The number of carbonyl (C=O) groups excluding carboxylic acids is 1. The first-order chi connectivity index (χ1) is 13.5. The molecule has 8 nitrogen and oxygen atoms in total. The number of carbonyl (C=O) groups is 1. The summed E-state index contributed by atoms with van der Waals surface area (Å²) in [6.45, 7) is 3.80. The van der Waals surface area contributed by atoms with Crippen LogP contribution in [0.4, 0.5) is 5.95 Å². The molecule has 4 aromatic rings. The van der Waals surface area contributed by atoms with E-state index in [-0.39, 0.29) is 17.9 Å². The van der Waals surface area contributed by atoms with Gasteiger partial charge in [-0.3, -0.25) is 14.9 Å². The average molecular weight is 373 g/mol. The molecule has 0 saturated heterocycles. The van der Waals surface area contributed by atoms with E-state index >= 15 is 0 Å². The van der Waals surface area contributed by atoms with Crippen molar-refractivity contribution in [3.63, 3.8) is 0 Å². The molecule has 0 aliphatic carbocycles. The number of anilines is 1. The van der Waals surface area contributed by atoms with E-state index in [0.29, 0.717) is 17.1 Å². The van der Waals surface area contributed by atoms with Gasteiger partial charge < -0.3 is 11.1 Å². The Morgan fingerprint density at radius 2 is 2.07 bits per heavy atom. The minimum absolute atomic E-state index is 0.139. The molecule has 1 aromatic carbocycles. The third kappa shape index (κ3) is 3.39.